The molecular formula is C18H13Cl4NO. The van der Waals surface area contributed by atoms with Crippen molar-refractivity contribution < 1.29 is 5.11 Å². The average molecular weight is 401 g/mol. The molecule has 0 aliphatic carbocycles. The molecular weight excluding hydrogens is 388 g/mol. The zero-order chi connectivity index (χ0) is 17.4. The number of nitrogens with zero attached hydrogens (tertiary/aromatic N) is 1. The van der Waals surface area contributed by atoms with E-state index in [4.69, 9.17) is 46.4 Å². The molecule has 0 radical (unpaired) electrons. The van der Waals surface area contributed by atoms with Gasteiger partial charge in [-0.2, -0.15) is 0 Å². The molecule has 1 atom stereocenters. The third-order valence-electron chi connectivity index (χ3n) is 3.76. The van der Waals surface area contributed by atoms with Crippen LogP contribution in [-0.2, 0) is 7.05 Å². The lowest BCUT2D eigenvalue weighted by Gasteiger charge is -2.15. The van der Waals surface area contributed by atoms with E-state index in [9.17, 15) is 5.11 Å². The standard InChI is InChI=1S/C18H13Cl4NO/c1-23-8-14(12-4-2-10(19)6-16(12)21)15(9-23)18(24)13-5-3-11(20)7-17(13)22/h2-9,18,24H,1H3. The number of aliphatic hydroxyl groups excluding tert-OH is 1. The minimum atomic E-state index is -0.905. The Bertz CT molecular complexity index is 904. The third kappa shape index (κ3) is 3.44. The molecule has 0 aliphatic rings. The van der Waals surface area contributed by atoms with Crippen molar-refractivity contribution in [2.24, 2.45) is 7.05 Å². The molecule has 0 bridgehead atoms. The Morgan fingerprint density at radius 2 is 1.42 bits per heavy atom. The zero-order valence-electron chi connectivity index (χ0n) is 12.6. The van der Waals surface area contributed by atoms with Crippen LogP contribution in [0.15, 0.2) is 48.8 Å². The van der Waals surface area contributed by atoms with Crippen LogP contribution in [0.2, 0.25) is 20.1 Å². The lowest BCUT2D eigenvalue weighted by molar-refractivity contribution is 0.221. The Balaban J connectivity index is 2.12. The smallest absolute Gasteiger partial charge is 0.108 e. The number of rotatable bonds is 3. The van der Waals surface area contributed by atoms with Crippen molar-refractivity contribution >= 4 is 46.4 Å². The summed E-state index contributed by atoms with van der Waals surface area (Å²) in [6, 6.07) is 10.3. The molecule has 2 aromatic carbocycles. The molecule has 124 valence electrons. The minimum absolute atomic E-state index is 0.409. The van der Waals surface area contributed by atoms with Crippen molar-refractivity contribution in [1.29, 1.82) is 0 Å². The second-order valence-electron chi connectivity index (χ2n) is 5.49. The fourth-order valence-corrected chi connectivity index (χ4v) is 3.67. The van der Waals surface area contributed by atoms with Gasteiger partial charge in [-0.25, -0.2) is 0 Å². The molecule has 3 aromatic rings. The van der Waals surface area contributed by atoms with Crippen LogP contribution in [0.1, 0.15) is 17.2 Å². The highest BCUT2D eigenvalue weighted by Crippen LogP contribution is 2.39. The second-order valence-corrected chi connectivity index (χ2v) is 7.17. The predicted molar refractivity (Wildman–Crippen MR) is 101 cm³/mol. The first-order valence-electron chi connectivity index (χ1n) is 7.11. The fraction of sp³-hybridized carbons (Fsp3) is 0.111. The lowest BCUT2D eigenvalue weighted by atomic mass is 9.96. The van der Waals surface area contributed by atoms with E-state index in [0.29, 0.717) is 31.2 Å². The lowest BCUT2D eigenvalue weighted by Crippen LogP contribution is -2.01. The highest BCUT2D eigenvalue weighted by atomic mass is 35.5. The van der Waals surface area contributed by atoms with E-state index in [1.807, 2.05) is 30.1 Å². The van der Waals surface area contributed by atoms with E-state index in [1.54, 1.807) is 30.3 Å². The molecule has 0 amide bonds. The van der Waals surface area contributed by atoms with E-state index in [0.717, 1.165) is 11.1 Å². The summed E-state index contributed by atoms with van der Waals surface area (Å²) in [5.74, 6) is 0. The van der Waals surface area contributed by atoms with Crippen LogP contribution in [0.5, 0.6) is 0 Å². The summed E-state index contributed by atoms with van der Waals surface area (Å²) in [7, 11) is 1.88. The number of aromatic nitrogens is 1. The minimum Gasteiger partial charge on any atom is -0.384 e. The molecule has 1 heterocycles. The summed E-state index contributed by atoms with van der Waals surface area (Å²) in [4.78, 5) is 0. The van der Waals surface area contributed by atoms with Gasteiger partial charge in [0.25, 0.3) is 0 Å². The van der Waals surface area contributed by atoms with Crippen LogP contribution in [-0.4, -0.2) is 9.67 Å². The molecule has 24 heavy (non-hydrogen) atoms. The molecule has 1 aromatic heterocycles. The summed E-state index contributed by atoms with van der Waals surface area (Å²) in [6.45, 7) is 0. The monoisotopic (exact) mass is 399 g/mol. The fourth-order valence-electron chi connectivity index (χ4n) is 2.65. The SMILES string of the molecule is Cn1cc(-c2ccc(Cl)cc2Cl)c(C(O)c2ccc(Cl)cc2Cl)c1. The number of aryl methyl sites for hydroxylation is 1. The number of aliphatic hydroxyl groups is 1. The van der Waals surface area contributed by atoms with Gasteiger partial charge in [-0.15, -0.1) is 0 Å². The van der Waals surface area contributed by atoms with Gasteiger partial charge in [0.1, 0.15) is 6.10 Å². The van der Waals surface area contributed by atoms with E-state index in [2.05, 4.69) is 0 Å². The molecule has 0 aliphatic heterocycles. The predicted octanol–water partition coefficient (Wildman–Crippen LogP) is 6.39. The maximum Gasteiger partial charge on any atom is 0.108 e. The van der Waals surface area contributed by atoms with E-state index < -0.39 is 6.10 Å². The summed E-state index contributed by atoms with van der Waals surface area (Å²) in [6.07, 6.45) is 2.84. The summed E-state index contributed by atoms with van der Waals surface area (Å²) in [5, 5.41) is 12.9. The molecule has 3 rings (SSSR count). The van der Waals surface area contributed by atoms with Gasteiger partial charge in [-0.3, -0.25) is 0 Å². The van der Waals surface area contributed by atoms with Crippen LogP contribution in [0.4, 0.5) is 0 Å². The van der Waals surface area contributed by atoms with Crippen LogP contribution in [0.25, 0.3) is 11.1 Å². The number of halogens is 4. The highest BCUT2D eigenvalue weighted by molar-refractivity contribution is 6.36. The van der Waals surface area contributed by atoms with Crippen LogP contribution in [0, 0.1) is 0 Å². The van der Waals surface area contributed by atoms with Crippen LogP contribution >= 0.6 is 46.4 Å². The van der Waals surface area contributed by atoms with Crippen molar-refractivity contribution in [2.75, 3.05) is 0 Å². The quantitative estimate of drug-likeness (QED) is 0.541. The van der Waals surface area contributed by atoms with Gasteiger partial charge < -0.3 is 9.67 Å². The van der Waals surface area contributed by atoms with Crippen molar-refractivity contribution in [3.8, 4) is 11.1 Å². The van der Waals surface area contributed by atoms with Gasteiger partial charge >= 0.3 is 0 Å². The van der Waals surface area contributed by atoms with Crippen molar-refractivity contribution in [2.45, 2.75) is 6.10 Å². The summed E-state index contributed by atoms with van der Waals surface area (Å²) >= 11 is 24.5. The Labute approximate surface area is 160 Å². The Hall–Kier alpha value is -1.16. The first-order chi connectivity index (χ1) is 11.4. The first kappa shape index (κ1) is 17.7. The van der Waals surface area contributed by atoms with Crippen LogP contribution < -0.4 is 0 Å². The van der Waals surface area contributed by atoms with Crippen molar-refractivity contribution in [3.63, 3.8) is 0 Å². The number of hydrogen-bond acceptors (Lipinski definition) is 1. The van der Waals surface area contributed by atoms with Crippen LogP contribution in [0.3, 0.4) is 0 Å². The zero-order valence-corrected chi connectivity index (χ0v) is 15.6. The van der Waals surface area contributed by atoms with Gasteiger partial charge in [0.15, 0.2) is 0 Å². The maximum atomic E-state index is 10.9. The maximum absolute atomic E-state index is 10.9. The summed E-state index contributed by atoms with van der Waals surface area (Å²) in [5.41, 5.74) is 2.89. The molecule has 1 N–H and O–H groups in total. The third-order valence-corrected chi connectivity index (χ3v) is 4.87. The molecule has 0 saturated carbocycles. The van der Waals surface area contributed by atoms with E-state index in [1.165, 1.54) is 0 Å². The Kier molecular flexibility index (Phi) is 5.14. The van der Waals surface area contributed by atoms with Crippen molar-refractivity contribution in [3.05, 3.63) is 80.0 Å². The van der Waals surface area contributed by atoms with Gasteiger partial charge in [-0.05, 0) is 24.3 Å². The molecule has 1 unspecified atom stereocenters. The number of benzene rings is 2. The van der Waals surface area contributed by atoms with Gasteiger partial charge in [0.2, 0.25) is 0 Å². The van der Waals surface area contributed by atoms with Crippen molar-refractivity contribution in [1.82, 2.24) is 4.57 Å². The molecule has 6 heteroatoms. The summed E-state index contributed by atoms with van der Waals surface area (Å²) < 4.78 is 1.86. The highest BCUT2D eigenvalue weighted by Gasteiger charge is 2.21. The van der Waals surface area contributed by atoms with E-state index in [-0.39, 0.29) is 0 Å². The second kappa shape index (κ2) is 6.99. The Morgan fingerprint density at radius 1 is 0.792 bits per heavy atom. The largest absolute Gasteiger partial charge is 0.384 e. The number of hydrogen-bond donors (Lipinski definition) is 1. The normalized spacial score (nSPS) is 12.4. The van der Waals surface area contributed by atoms with Gasteiger partial charge in [0.05, 0.1) is 0 Å². The van der Waals surface area contributed by atoms with Gasteiger partial charge in [0, 0.05) is 61.8 Å². The average Bonchev–Trinajstić information content (AvgIpc) is 2.88. The molecule has 0 fully saturated rings. The van der Waals surface area contributed by atoms with Gasteiger partial charge in [-0.1, -0.05) is 58.5 Å². The molecule has 2 nitrogen and oxygen atoms in total. The first-order valence-corrected chi connectivity index (χ1v) is 8.62. The topological polar surface area (TPSA) is 25.2 Å². The Morgan fingerprint density at radius 3 is 2.04 bits per heavy atom. The molecule has 0 saturated heterocycles. The molecule has 0 spiro atoms. The van der Waals surface area contributed by atoms with E-state index >= 15 is 0 Å².